The van der Waals surface area contributed by atoms with Crippen LogP contribution in [0.2, 0.25) is 0 Å². The van der Waals surface area contributed by atoms with Gasteiger partial charge >= 0.3 is 0 Å². The van der Waals surface area contributed by atoms with Crippen molar-refractivity contribution in [1.29, 1.82) is 0 Å². The standard InChI is InChI=1S/C12H17FO/c1-2-5-10(9-14)8-11-6-3-4-7-12(11)13/h3-4,6-7,10,14H,2,5,8-9H2,1H3. The summed E-state index contributed by atoms with van der Waals surface area (Å²) in [5.41, 5.74) is 0.708. The number of rotatable bonds is 5. The zero-order valence-electron chi connectivity index (χ0n) is 8.54. The molecule has 0 aliphatic carbocycles. The van der Waals surface area contributed by atoms with Gasteiger partial charge in [-0.1, -0.05) is 31.5 Å². The molecule has 0 bridgehead atoms. The average molecular weight is 196 g/mol. The van der Waals surface area contributed by atoms with Crippen molar-refractivity contribution in [2.75, 3.05) is 6.61 Å². The molecule has 1 N–H and O–H groups in total. The van der Waals surface area contributed by atoms with Gasteiger partial charge in [0.2, 0.25) is 0 Å². The van der Waals surface area contributed by atoms with E-state index in [2.05, 4.69) is 6.92 Å². The summed E-state index contributed by atoms with van der Waals surface area (Å²) >= 11 is 0. The van der Waals surface area contributed by atoms with Crippen molar-refractivity contribution in [1.82, 2.24) is 0 Å². The predicted octanol–water partition coefficient (Wildman–Crippen LogP) is 2.78. The van der Waals surface area contributed by atoms with Crippen LogP contribution < -0.4 is 0 Å². The van der Waals surface area contributed by atoms with Gasteiger partial charge in [0.1, 0.15) is 5.82 Å². The van der Waals surface area contributed by atoms with Crippen LogP contribution in [0.5, 0.6) is 0 Å². The molecule has 14 heavy (non-hydrogen) atoms. The van der Waals surface area contributed by atoms with Crippen LogP contribution in [0.4, 0.5) is 4.39 Å². The van der Waals surface area contributed by atoms with E-state index in [1.807, 2.05) is 6.07 Å². The van der Waals surface area contributed by atoms with Gasteiger partial charge in [-0.2, -0.15) is 0 Å². The van der Waals surface area contributed by atoms with Crippen molar-refractivity contribution >= 4 is 0 Å². The fourth-order valence-corrected chi connectivity index (χ4v) is 1.64. The molecule has 0 aromatic heterocycles. The molecule has 0 aliphatic heterocycles. The molecule has 1 aromatic carbocycles. The second-order valence-electron chi connectivity index (χ2n) is 3.63. The Morgan fingerprint density at radius 3 is 2.64 bits per heavy atom. The summed E-state index contributed by atoms with van der Waals surface area (Å²) in [7, 11) is 0. The van der Waals surface area contributed by atoms with Crippen LogP contribution in [-0.4, -0.2) is 11.7 Å². The van der Waals surface area contributed by atoms with Crippen molar-refractivity contribution in [3.05, 3.63) is 35.6 Å². The molecule has 0 saturated carbocycles. The molecular weight excluding hydrogens is 179 g/mol. The van der Waals surface area contributed by atoms with E-state index >= 15 is 0 Å². The van der Waals surface area contributed by atoms with Crippen molar-refractivity contribution in [3.8, 4) is 0 Å². The van der Waals surface area contributed by atoms with Crippen molar-refractivity contribution in [3.63, 3.8) is 0 Å². The van der Waals surface area contributed by atoms with E-state index in [-0.39, 0.29) is 18.3 Å². The zero-order chi connectivity index (χ0) is 10.4. The summed E-state index contributed by atoms with van der Waals surface area (Å²) in [5, 5.41) is 9.09. The quantitative estimate of drug-likeness (QED) is 0.767. The molecular formula is C12H17FO. The van der Waals surface area contributed by atoms with Crippen molar-refractivity contribution in [2.24, 2.45) is 5.92 Å². The van der Waals surface area contributed by atoms with E-state index in [9.17, 15) is 4.39 Å². The third-order valence-electron chi connectivity index (χ3n) is 2.42. The molecule has 78 valence electrons. The van der Waals surface area contributed by atoms with Crippen LogP contribution in [0.15, 0.2) is 24.3 Å². The minimum absolute atomic E-state index is 0.141. The Morgan fingerprint density at radius 1 is 1.36 bits per heavy atom. The van der Waals surface area contributed by atoms with E-state index < -0.39 is 0 Å². The lowest BCUT2D eigenvalue weighted by molar-refractivity contribution is 0.216. The average Bonchev–Trinajstić information content (AvgIpc) is 2.20. The first-order chi connectivity index (χ1) is 6.77. The molecule has 0 radical (unpaired) electrons. The third kappa shape index (κ3) is 3.11. The lowest BCUT2D eigenvalue weighted by Crippen LogP contribution is -2.10. The molecule has 0 fully saturated rings. The summed E-state index contributed by atoms with van der Waals surface area (Å²) < 4.78 is 13.2. The summed E-state index contributed by atoms with van der Waals surface area (Å²) in [4.78, 5) is 0. The topological polar surface area (TPSA) is 20.2 Å². The number of aliphatic hydroxyl groups excluding tert-OH is 1. The molecule has 1 aromatic rings. The zero-order valence-corrected chi connectivity index (χ0v) is 8.54. The Bertz CT molecular complexity index is 273. The van der Waals surface area contributed by atoms with Gasteiger partial charge in [0.25, 0.3) is 0 Å². The Labute approximate surface area is 84.6 Å². The second kappa shape index (κ2) is 5.76. The number of hydrogen-bond acceptors (Lipinski definition) is 1. The van der Waals surface area contributed by atoms with Gasteiger partial charge in [-0.15, -0.1) is 0 Å². The SMILES string of the molecule is CCCC(CO)Cc1ccccc1F. The highest BCUT2D eigenvalue weighted by molar-refractivity contribution is 5.17. The molecule has 0 aliphatic rings. The first-order valence-corrected chi connectivity index (χ1v) is 5.12. The Hall–Kier alpha value is -0.890. The predicted molar refractivity (Wildman–Crippen MR) is 55.6 cm³/mol. The smallest absolute Gasteiger partial charge is 0.126 e. The Balaban J connectivity index is 2.62. The van der Waals surface area contributed by atoms with Gasteiger partial charge in [-0.3, -0.25) is 0 Å². The molecule has 1 rings (SSSR count). The van der Waals surface area contributed by atoms with E-state index in [1.165, 1.54) is 6.07 Å². The molecule has 0 saturated heterocycles. The van der Waals surface area contributed by atoms with Gasteiger partial charge < -0.3 is 5.11 Å². The van der Waals surface area contributed by atoms with Gasteiger partial charge in [0, 0.05) is 6.61 Å². The Morgan fingerprint density at radius 2 is 2.07 bits per heavy atom. The van der Waals surface area contributed by atoms with Gasteiger partial charge in [0.05, 0.1) is 0 Å². The summed E-state index contributed by atoms with van der Waals surface area (Å²) in [5.74, 6) is 0.0268. The highest BCUT2D eigenvalue weighted by Gasteiger charge is 2.09. The largest absolute Gasteiger partial charge is 0.396 e. The molecule has 0 heterocycles. The minimum atomic E-state index is -0.165. The van der Waals surface area contributed by atoms with Crippen LogP contribution in [0.1, 0.15) is 25.3 Å². The number of aliphatic hydroxyl groups is 1. The number of hydrogen-bond donors (Lipinski definition) is 1. The maximum atomic E-state index is 13.2. The van der Waals surface area contributed by atoms with Crippen molar-refractivity contribution in [2.45, 2.75) is 26.2 Å². The lowest BCUT2D eigenvalue weighted by atomic mass is 9.96. The van der Waals surface area contributed by atoms with Crippen LogP contribution in [0.25, 0.3) is 0 Å². The third-order valence-corrected chi connectivity index (χ3v) is 2.42. The van der Waals surface area contributed by atoms with Gasteiger partial charge in [-0.25, -0.2) is 4.39 Å². The maximum Gasteiger partial charge on any atom is 0.126 e. The normalized spacial score (nSPS) is 12.8. The molecule has 2 heteroatoms. The van der Waals surface area contributed by atoms with E-state index in [0.717, 1.165) is 12.8 Å². The van der Waals surface area contributed by atoms with Crippen LogP contribution >= 0.6 is 0 Å². The number of benzene rings is 1. The monoisotopic (exact) mass is 196 g/mol. The van der Waals surface area contributed by atoms with E-state index in [0.29, 0.717) is 12.0 Å². The highest BCUT2D eigenvalue weighted by Crippen LogP contribution is 2.16. The first-order valence-electron chi connectivity index (χ1n) is 5.12. The lowest BCUT2D eigenvalue weighted by Gasteiger charge is -2.13. The van der Waals surface area contributed by atoms with Gasteiger partial charge in [0.15, 0.2) is 0 Å². The fourth-order valence-electron chi connectivity index (χ4n) is 1.64. The molecule has 1 atom stereocenters. The summed E-state index contributed by atoms with van der Waals surface area (Å²) in [6, 6.07) is 6.77. The second-order valence-corrected chi connectivity index (χ2v) is 3.63. The highest BCUT2D eigenvalue weighted by atomic mass is 19.1. The fraction of sp³-hybridized carbons (Fsp3) is 0.500. The summed E-state index contributed by atoms with van der Waals surface area (Å²) in [6.45, 7) is 2.21. The molecule has 1 unspecified atom stereocenters. The number of halogens is 1. The van der Waals surface area contributed by atoms with Crippen LogP contribution in [0, 0.1) is 11.7 Å². The Kier molecular flexibility index (Phi) is 4.60. The van der Waals surface area contributed by atoms with Crippen LogP contribution in [0.3, 0.4) is 0 Å². The van der Waals surface area contributed by atoms with E-state index in [1.54, 1.807) is 12.1 Å². The maximum absolute atomic E-state index is 13.2. The van der Waals surface area contributed by atoms with Crippen molar-refractivity contribution < 1.29 is 9.50 Å². The molecule has 0 amide bonds. The van der Waals surface area contributed by atoms with Gasteiger partial charge in [-0.05, 0) is 30.4 Å². The minimum Gasteiger partial charge on any atom is -0.396 e. The summed E-state index contributed by atoms with van der Waals surface area (Å²) in [6.07, 6.45) is 2.61. The first kappa shape index (κ1) is 11.2. The van der Waals surface area contributed by atoms with Crippen LogP contribution in [-0.2, 0) is 6.42 Å². The molecule has 0 spiro atoms. The molecule has 1 nitrogen and oxygen atoms in total. The van der Waals surface area contributed by atoms with E-state index in [4.69, 9.17) is 5.11 Å².